The first-order chi connectivity index (χ1) is 15.1. The van der Waals surface area contributed by atoms with Crippen molar-refractivity contribution in [1.29, 1.82) is 0 Å². The molecule has 31 heavy (non-hydrogen) atoms. The van der Waals surface area contributed by atoms with E-state index in [9.17, 15) is 9.59 Å². The molecule has 3 aromatic carbocycles. The van der Waals surface area contributed by atoms with E-state index in [0.29, 0.717) is 6.42 Å². The van der Waals surface area contributed by atoms with Gasteiger partial charge < -0.3 is 0 Å². The van der Waals surface area contributed by atoms with Crippen molar-refractivity contribution in [3.05, 3.63) is 113 Å². The largest absolute Gasteiger partial charge is 0.299 e. The maximum Gasteiger partial charge on any atom is 0.162 e. The molecule has 1 fully saturated rings. The van der Waals surface area contributed by atoms with Crippen molar-refractivity contribution >= 4 is 17.6 Å². The third-order valence-corrected chi connectivity index (χ3v) is 6.57. The summed E-state index contributed by atoms with van der Waals surface area (Å²) in [5.74, 6) is -0.373. The fourth-order valence-electron chi connectivity index (χ4n) is 4.97. The highest BCUT2D eigenvalue weighted by molar-refractivity contribution is 6.03. The summed E-state index contributed by atoms with van der Waals surface area (Å²) >= 11 is 0. The highest BCUT2D eigenvalue weighted by Gasteiger charge is 2.46. The van der Waals surface area contributed by atoms with E-state index < -0.39 is 0 Å². The van der Waals surface area contributed by atoms with Crippen LogP contribution in [0.2, 0.25) is 0 Å². The Bertz CT molecular complexity index is 1070. The number of carbonyl (C=O) groups excluding carboxylic acids is 2. The SMILES string of the molecule is C/C(=C\c1ccccc1)C(=O)[C@H]1[C@@H](c2ccccc2)[C@H](C)C(=O)C[C@H]1c1ccccc1. The molecule has 1 saturated carbocycles. The predicted molar refractivity (Wildman–Crippen MR) is 126 cm³/mol. The number of Topliss-reactive ketones (excluding diaryl/α,β-unsaturated/α-hetero) is 2. The minimum atomic E-state index is -0.280. The summed E-state index contributed by atoms with van der Waals surface area (Å²) in [5, 5.41) is 0. The van der Waals surface area contributed by atoms with Crippen LogP contribution in [0, 0.1) is 11.8 Å². The highest BCUT2D eigenvalue weighted by Crippen LogP contribution is 2.48. The first kappa shape index (κ1) is 21.0. The summed E-state index contributed by atoms with van der Waals surface area (Å²) in [6, 6.07) is 30.1. The van der Waals surface area contributed by atoms with Gasteiger partial charge in [0.25, 0.3) is 0 Å². The summed E-state index contributed by atoms with van der Waals surface area (Å²) in [6.45, 7) is 3.89. The molecule has 0 radical (unpaired) electrons. The minimum absolute atomic E-state index is 0.123. The Morgan fingerprint density at radius 1 is 0.806 bits per heavy atom. The van der Waals surface area contributed by atoms with Gasteiger partial charge in [-0.3, -0.25) is 9.59 Å². The highest BCUT2D eigenvalue weighted by atomic mass is 16.1. The Hall–Kier alpha value is -3.26. The van der Waals surface area contributed by atoms with Gasteiger partial charge in [0, 0.05) is 30.1 Å². The molecular formula is C29H28O2. The summed E-state index contributed by atoms with van der Waals surface area (Å²) < 4.78 is 0. The van der Waals surface area contributed by atoms with Crippen LogP contribution >= 0.6 is 0 Å². The minimum Gasteiger partial charge on any atom is -0.299 e. The normalized spacial score (nSPS) is 24.1. The third-order valence-electron chi connectivity index (χ3n) is 6.57. The molecular weight excluding hydrogens is 380 g/mol. The number of benzene rings is 3. The van der Waals surface area contributed by atoms with Crippen molar-refractivity contribution in [2.45, 2.75) is 32.1 Å². The molecule has 0 amide bonds. The van der Waals surface area contributed by atoms with E-state index in [1.54, 1.807) is 0 Å². The number of hydrogen-bond donors (Lipinski definition) is 0. The van der Waals surface area contributed by atoms with Crippen molar-refractivity contribution in [3.63, 3.8) is 0 Å². The van der Waals surface area contributed by atoms with E-state index in [4.69, 9.17) is 0 Å². The lowest BCUT2D eigenvalue weighted by Crippen LogP contribution is -2.41. The number of carbonyl (C=O) groups is 2. The van der Waals surface area contributed by atoms with Crippen LogP contribution < -0.4 is 0 Å². The van der Waals surface area contributed by atoms with E-state index in [2.05, 4.69) is 12.1 Å². The van der Waals surface area contributed by atoms with Gasteiger partial charge in [-0.2, -0.15) is 0 Å². The predicted octanol–water partition coefficient (Wildman–Crippen LogP) is 6.45. The van der Waals surface area contributed by atoms with E-state index in [0.717, 1.165) is 22.3 Å². The van der Waals surface area contributed by atoms with Crippen LogP contribution in [0.1, 0.15) is 48.8 Å². The molecule has 0 heterocycles. The fraction of sp³-hybridized carbons (Fsp3) is 0.241. The molecule has 0 saturated heterocycles. The van der Waals surface area contributed by atoms with Gasteiger partial charge in [-0.15, -0.1) is 0 Å². The van der Waals surface area contributed by atoms with Crippen LogP contribution in [-0.2, 0) is 9.59 Å². The van der Waals surface area contributed by atoms with Crippen molar-refractivity contribution in [2.24, 2.45) is 11.8 Å². The summed E-state index contributed by atoms with van der Waals surface area (Å²) in [7, 11) is 0. The molecule has 0 unspecified atom stereocenters. The van der Waals surface area contributed by atoms with Gasteiger partial charge >= 0.3 is 0 Å². The Morgan fingerprint density at radius 3 is 1.90 bits per heavy atom. The molecule has 0 aliphatic heterocycles. The number of ketones is 2. The molecule has 156 valence electrons. The number of allylic oxidation sites excluding steroid dienone is 1. The van der Waals surface area contributed by atoms with E-state index in [1.165, 1.54) is 0 Å². The van der Waals surface area contributed by atoms with E-state index in [-0.39, 0.29) is 35.2 Å². The number of hydrogen-bond acceptors (Lipinski definition) is 2. The van der Waals surface area contributed by atoms with Crippen molar-refractivity contribution in [2.75, 3.05) is 0 Å². The summed E-state index contributed by atoms with van der Waals surface area (Å²) in [6.07, 6.45) is 2.37. The second-order valence-electron chi connectivity index (χ2n) is 8.54. The van der Waals surface area contributed by atoms with Gasteiger partial charge in [-0.1, -0.05) is 97.9 Å². The standard InChI is InChI=1S/C29H28O2/c1-20(18-22-12-6-3-7-13-22)29(31)28-25(23-14-8-4-9-15-23)19-26(30)21(2)27(28)24-16-10-5-11-17-24/h3-18,21,25,27-28H,19H2,1-2H3/b20-18+/t21-,25+,27-,28-/m1/s1. The molecule has 4 atom stereocenters. The van der Waals surface area contributed by atoms with Gasteiger partial charge in [0.05, 0.1) is 0 Å². The van der Waals surface area contributed by atoms with Crippen molar-refractivity contribution in [1.82, 2.24) is 0 Å². The fourth-order valence-corrected chi connectivity index (χ4v) is 4.97. The van der Waals surface area contributed by atoms with E-state index >= 15 is 0 Å². The molecule has 1 aliphatic rings. The monoisotopic (exact) mass is 408 g/mol. The molecule has 0 aromatic heterocycles. The Balaban J connectivity index is 1.81. The Labute approximate surface area is 184 Å². The molecule has 0 spiro atoms. The molecule has 4 rings (SSSR count). The van der Waals surface area contributed by atoms with Crippen molar-refractivity contribution < 1.29 is 9.59 Å². The van der Waals surface area contributed by atoms with E-state index in [1.807, 2.05) is 98.8 Å². The van der Waals surface area contributed by atoms with Gasteiger partial charge in [0.2, 0.25) is 0 Å². The van der Waals surface area contributed by atoms with Crippen LogP contribution in [0.15, 0.2) is 96.6 Å². The van der Waals surface area contributed by atoms with Crippen LogP contribution in [-0.4, -0.2) is 11.6 Å². The lowest BCUT2D eigenvalue weighted by Gasteiger charge is -2.41. The maximum absolute atomic E-state index is 13.9. The molecule has 2 heteroatoms. The molecule has 0 bridgehead atoms. The quantitative estimate of drug-likeness (QED) is 0.455. The summed E-state index contributed by atoms with van der Waals surface area (Å²) in [5.41, 5.74) is 3.88. The zero-order chi connectivity index (χ0) is 21.8. The first-order valence-electron chi connectivity index (χ1n) is 11.0. The van der Waals surface area contributed by atoms with Crippen LogP contribution in [0.5, 0.6) is 0 Å². The molecule has 2 nitrogen and oxygen atoms in total. The zero-order valence-corrected chi connectivity index (χ0v) is 18.1. The lowest BCUT2D eigenvalue weighted by molar-refractivity contribution is -0.130. The Kier molecular flexibility index (Phi) is 6.27. The topological polar surface area (TPSA) is 34.1 Å². The average Bonchev–Trinajstić information content (AvgIpc) is 2.81. The maximum atomic E-state index is 13.9. The summed E-state index contributed by atoms with van der Waals surface area (Å²) in [4.78, 5) is 27.0. The second-order valence-corrected chi connectivity index (χ2v) is 8.54. The molecule has 3 aromatic rings. The van der Waals surface area contributed by atoms with Crippen molar-refractivity contribution in [3.8, 4) is 0 Å². The Morgan fingerprint density at radius 2 is 1.32 bits per heavy atom. The van der Waals surface area contributed by atoms with Gasteiger partial charge in [-0.25, -0.2) is 0 Å². The molecule has 1 aliphatic carbocycles. The van der Waals surface area contributed by atoms with Gasteiger partial charge in [0.15, 0.2) is 5.78 Å². The third kappa shape index (κ3) is 4.44. The average molecular weight is 409 g/mol. The lowest BCUT2D eigenvalue weighted by atomic mass is 9.60. The van der Waals surface area contributed by atoms with Crippen LogP contribution in [0.3, 0.4) is 0 Å². The van der Waals surface area contributed by atoms with Gasteiger partial charge in [-0.05, 0) is 35.3 Å². The van der Waals surface area contributed by atoms with Gasteiger partial charge in [0.1, 0.15) is 5.78 Å². The smallest absolute Gasteiger partial charge is 0.162 e. The first-order valence-corrected chi connectivity index (χ1v) is 11.0. The van der Waals surface area contributed by atoms with Crippen LogP contribution in [0.4, 0.5) is 0 Å². The zero-order valence-electron chi connectivity index (χ0n) is 18.1. The molecule has 0 N–H and O–H groups in total. The second kappa shape index (κ2) is 9.26. The van der Waals surface area contributed by atoms with Crippen LogP contribution in [0.25, 0.3) is 6.08 Å². The number of rotatable bonds is 5.